The molecule has 1 heterocycles. The van der Waals surface area contributed by atoms with Gasteiger partial charge in [0.25, 0.3) is 0 Å². The SMILES string of the molecule is Cc1ccc(N2C[C@@H](C(=O)Nc3ccc(Cl)cc3Cl)CC2=O)cc1Cl. The first-order valence-electron chi connectivity index (χ1n) is 7.67. The fourth-order valence-electron chi connectivity index (χ4n) is 2.71. The molecule has 0 aromatic heterocycles. The van der Waals surface area contributed by atoms with Gasteiger partial charge in [0, 0.05) is 28.7 Å². The number of hydrogen-bond donors (Lipinski definition) is 1. The zero-order chi connectivity index (χ0) is 18.1. The minimum Gasteiger partial charge on any atom is -0.324 e. The summed E-state index contributed by atoms with van der Waals surface area (Å²) in [5.74, 6) is -0.820. The first-order chi connectivity index (χ1) is 11.8. The Morgan fingerprint density at radius 2 is 1.88 bits per heavy atom. The van der Waals surface area contributed by atoms with Gasteiger partial charge in [-0.05, 0) is 42.8 Å². The molecule has 1 aliphatic heterocycles. The molecule has 7 heteroatoms. The maximum atomic E-state index is 12.5. The van der Waals surface area contributed by atoms with Gasteiger partial charge in [-0.1, -0.05) is 40.9 Å². The number of hydrogen-bond acceptors (Lipinski definition) is 2. The zero-order valence-electron chi connectivity index (χ0n) is 13.4. The van der Waals surface area contributed by atoms with Crippen LogP contribution in [0, 0.1) is 12.8 Å². The number of nitrogens with one attached hydrogen (secondary N) is 1. The number of rotatable bonds is 3. The highest BCUT2D eigenvalue weighted by Crippen LogP contribution is 2.30. The van der Waals surface area contributed by atoms with Gasteiger partial charge in [-0.25, -0.2) is 0 Å². The molecule has 1 saturated heterocycles. The van der Waals surface area contributed by atoms with Gasteiger partial charge in [0.1, 0.15) is 0 Å². The van der Waals surface area contributed by atoms with E-state index < -0.39 is 5.92 Å². The van der Waals surface area contributed by atoms with Crippen LogP contribution >= 0.6 is 34.8 Å². The second-order valence-electron chi connectivity index (χ2n) is 5.95. The molecule has 1 N–H and O–H groups in total. The lowest BCUT2D eigenvalue weighted by Gasteiger charge is -2.17. The summed E-state index contributed by atoms with van der Waals surface area (Å²) in [5, 5.41) is 4.19. The number of carbonyl (C=O) groups excluding carboxylic acids is 2. The predicted octanol–water partition coefficient (Wildman–Crippen LogP) is 4.95. The summed E-state index contributed by atoms with van der Waals surface area (Å²) in [6.07, 6.45) is 0.141. The van der Waals surface area contributed by atoms with E-state index >= 15 is 0 Å². The summed E-state index contributed by atoms with van der Waals surface area (Å²) >= 11 is 18.1. The third-order valence-electron chi connectivity index (χ3n) is 4.15. The highest BCUT2D eigenvalue weighted by molar-refractivity contribution is 6.36. The van der Waals surface area contributed by atoms with Gasteiger partial charge in [0.15, 0.2) is 0 Å². The highest BCUT2D eigenvalue weighted by atomic mass is 35.5. The molecule has 0 spiro atoms. The van der Waals surface area contributed by atoms with Crippen LogP contribution in [-0.2, 0) is 9.59 Å². The molecule has 4 nitrogen and oxygen atoms in total. The van der Waals surface area contributed by atoms with Crippen LogP contribution in [0.2, 0.25) is 15.1 Å². The summed E-state index contributed by atoms with van der Waals surface area (Å²) in [6.45, 7) is 2.19. The van der Waals surface area contributed by atoms with E-state index in [1.54, 1.807) is 29.2 Å². The Morgan fingerprint density at radius 3 is 2.56 bits per heavy atom. The number of halogens is 3. The molecule has 2 amide bonds. The van der Waals surface area contributed by atoms with Gasteiger partial charge >= 0.3 is 0 Å². The maximum absolute atomic E-state index is 12.5. The molecule has 0 radical (unpaired) electrons. The van der Waals surface area contributed by atoms with Gasteiger partial charge < -0.3 is 10.2 Å². The van der Waals surface area contributed by atoms with Crippen LogP contribution in [0.1, 0.15) is 12.0 Å². The molecule has 2 aromatic carbocycles. The second kappa shape index (κ2) is 7.24. The second-order valence-corrected chi connectivity index (χ2v) is 7.20. The smallest absolute Gasteiger partial charge is 0.229 e. The normalized spacial score (nSPS) is 17.0. The molecule has 0 aliphatic carbocycles. The van der Waals surface area contributed by atoms with E-state index in [0.29, 0.717) is 33.0 Å². The van der Waals surface area contributed by atoms with E-state index in [0.717, 1.165) is 5.56 Å². The van der Waals surface area contributed by atoms with Crippen molar-refractivity contribution in [2.45, 2.75) is 13.3 Å². The van der Waals surface area contributed by atoms with E-state index in [2.05, 4.69) is 5.32 Å². The first kappa shape index (κ1) is 18.1. The Labute approximate surface area is 160 Å². The van der Waals surface area contributed by atoms with Gasteiger partial charge in [-0.2, -0.15) is 0 Å². The average Bonchev–Trinajstić information content (AvgIpc) is 2.95. The summed E-state index contributed by atoms with van der Waals surface area (Å²) in [7, 11) is 0. The van der Waals surface area contributed by atoms with Gasteiger partial charge in [-0.15, -0.1) is 0 Å². The third-order valence-corrected chi connectivity index (χ3v) is 5.11. The molecule has 0 unspecified atom stereocenters. The molecule has 1 aliphatic rings. The maximum Gasteiger partial charge on any atom is 0.229 e. The third kappa shape index (κ3) is 3.92. The van der Waals surface area contributed by atoms with Crippen molar-refractivity contribution in [2.75, 3.05) is 16.8 Å². The minimum absolute atomic E-state index is 0.109. The van der Waals surface area contributed by atoms with Crippen molar-refractivity contribution in [1.29, 1.82) is 0 Å². The van der Waals surface area contributed by atoms with Crippen LogP contribution in [-0.4, -0.2) is 18.4 Å². The van der Waals surface area contributed by atoms with Crippen molar-refractivity contribution in [1.82, 2.24) is 0 Å². The molecule has 2 aromatic rings. The molecule has 0 bridgehead atoms. The Hall–Kier alpha value is -1.75. The van der Waals surface area contributed by atoms with Crippen molar-refractivity contribution in [3.8, 4) is 0 Å². The Balaban J connectivity index is 1.73. The lowest BCUT2D eigenvalue weighted by atomic mass is 10.1. The van der Waals surface area contributed by atoms with Crippen molar-refractivity contribution in [3.05, 3.63) is 57.0 Å². The molecule has 1 fully saturated rings. The van der Waals surface area contributed by atoms with Gasteiger partial charge in [0.05, 0.1) is 16.6 Å². The van der Waals surface area contributed by atoms with Gasteiger partial charge in [-0.3, -0.25) is 9.59 Å². The van der Waals surface area contributed by atoms with E-state index in [-0.39, 0.29) is 18.2 Å². The molecule has 25 heavy (non-hydrogen) atoms. The number of aryl methyl sites for hydroxylation is 1. The molecule has 3 rings (SSSR count). The van der Waals surface area contributed by atoms with Crippen LogP contribution in [0.3, 0.4) is 0 Å². The van der Waals surface area contributed by atoms with E-state index in [1.807, 2.05) is 19.1 Å². The monoisotopic (exact) mass is 396 g/mol. The summed E-state index contributed by atoms with van der Waals surface area (Å²) < 4.78 is 0. The average molecular weight is 398 g/mol. The van der Waals surface area contributed by atoms with Crippen molar-refractivity contribution < 1.29 is 9.59 Å². The molecule has 0 saturated carbocycles. The number of amides is 2. The number of benzene rings is 2. The summed E-state index contributed by atoms with van der Waals surface area (Å²) in [5.41, 5.74) is 2.10. The number of anilines is 2. The predicted molar refractivity (Wildman–Crippen MR) is 102 cm³/mol. The number of carbonyl (C=O) groups is 2. The van der Waals surface area contributed by atoms with Crippen LogP contribution in [0.15, 0.2) is 36.4 Å². The van der Waals surface area contributed by atoms with E-state index in [4.69, 9.17) is 34.8 Å². The fraction of sp³-hybridized carbons (Fsp3) is 0.222. The Kier molecular flexibility index (Phi) is 5.23. The van der Waals surface area contributed by atoms with Crippen molar-refractivity contribution in [3.63, 3.8) is 0 Å². The highest BCUT2D eigenvalue weighted by Gasteiger charge is 2.35. The molecule has 130 valence electrons. The lowest BCUT2D eigenvalue weighted by molar-refractivity contribution is -0.122. The van der Waals surface area contributed by atoms with Crippen LogP contribution in [0.25, 0.3) is 0 Å². The largest absolute Gasteiger partial charge is 0.324 e. The first-order valence-corrected chi connectivity index (χ1v) is 8.81. The van der Waals surface area contributed by atoms with Crippen molar-refractivity contribution in [2.24, 2.45) is 5.92 Å². The Bertz CT molecular complexity index is 854. The van der Waals surface area contributed by atoms with Crippen LogP contribution < -0.4 is 10.2 Å². The minimum atomic E-state index is -0.459. The van der Waals surface area contributed by atoms with Crippen LogP contribution in [0.4, 0.5) is 11.4 Å². The molecular formula is C18H15Cl3N2O2. The zero-order valence-corrected chi connectivity index (χ0v) is 15.6. The lowest BCUT2D eigenvalue weighted by Crippen LogP contribution is -2.28. The van der Waals surface area contributed by atoms with E-state index in [9.17, 15) is 9.59 Å². The standard InChI is InChI=1S/C18H15Cl3N2O2/c1-10-2-4-13(8-14(10)20)23-9-11(6-17(23)24)18(25)22-16-5-3-12(19)7-15(16)21/h2-5,7-8,11H,6,9H2,1H3,(H,22,25)/t11-/m0/s1. The van der Waals surface area contributed by atoms with Crippen molar-refractivity contribution >= 4 is 58.0 Å². The van der Waals surface area contributed by atoms with Crippen LogP contribution in [0.5, 0.6) is 0 Å². The number of nitrogens with zero attached hydrogens (tertiary/aromatic N) is 1. The Morgan fingerprint density at radius 1 is 1.12 bits per heavy atom. The molecule has 1 atom stereocenters. The molecular weight excluding hydrogens is 383 g/mol. The van der Waals surface area contributed by atoms with E-state index in [1.165, 1.54) is 0 Å². The fourth-order valence-corrected chi connectivity index (χ4v) is 3.34. The topological polar surface area (TPSA) is 49.4 Å². The summed E-state index contributed by atoms with van der Waals surface area (Å²) in [4.78, 5) is 26.4. The quantitative estimate of drug-likeness (QED) is 0.797. The van der Waals surface area contributed by atoms with Gasteiger partial charge in [0.2, 0.25) is 11.8 Å². The summed E-state index contributed by atoms with van der Waals surface area (Å²) in [6, 6.07) is 10.3.